The van der Waals surface area contributed by atoms with Gasteiger partial charge in [-0.05, 0) is 50.8 Å². The zero-order valence-electron chi connectivity index (χ0n) is 17.5. The van der Waals surface area contributed by atoms with Gasteiger partial charge in [-0.25, -0.2) is 4.98 Å². The molecule has 1 aromatic carbocycles. The first-order valence-electron chi connectivity index (χ1n) is 10.6. The number of carbonyl (C=O) groups excluding carboxylic acids is 2. The number of fused-ring (bicyclic) bond motifs is 1. The highest BCUT2D eigenvalue weighted by Crippen LogP contribution is 2.23. The van der Waals surface area contributed by atoms with E-state index in [2.05, 4.69) is 26.9 Å². The summed E-state index contributed by atoms with van der Waals surface area (Å²) in [5.74, 6) is 0.682. The number of carbonyl (C=O) groups is 2. The molecule has 3 aromatic rings. The molecule has 1 N–H and O–H groups in total. The summed E-state index contributed by atoms with van der Waals surface area (Å²) in [6.07, 6.45) is 5.89. The first-order chi connectivity index (χ1) is 14.6. The number of benzene rings is 1. The number of nitrogens with one attached hydrogen (secondary N) is 1. The summed E-state index contributed by atoms with van der Waals surface area (Å²) in [5, 5.41) is 7.15. The Kier molecular flexibility index (Phi) is 5.83. The summed E-state index contributed by atoms with van der Waals surface area (Å²) in [4.78, 5) is 31.8. The number of aryl methyl sites for hydroxylation is 2. The van der Waals surface area contributed by atoms with Crippen LogP contribution in [-0.2, 0) is 17.9 Å². The van der Waals surface area contributed by atoms with Gasteiger partial charge in [-0.2, -0.15) is 5.10 Å². The fourth-order valence-corrected chi connectivity index (χ4v) is 4.11. The Morgan fingerprint density at radius 3 is 2.83 bits per heavy atom. The molecule has 1 atom stereocenters. The van der Waals surface area contributed by atoms with Crippen LogP contribution in [0.4, 0.5) is 5.82 Å². The summed E-state index contributed by atoms with van der Waals surface area (Å²) in [5.41, 5.74) is 2.52. The van der Waals surface area contributed by atoms with E-state index in [0.29, 0.717) is 24.3 Å². The van der Waals surface area contributed by atoms with E-state index in [9.17, 15) is 9.59 Å². The number of imidazole rings is 1. The molecule has 8 nitrogen and oxygen atoms in total. The monoisotopic (exact) mass is 408 g/mol. The Morgan fingerprint density at radius 1 is 1.20 bits per heavy atom. The molecule has 1 aliphatic heterocycles. The van der Waals surface area contributed by atoms with Crippen molar-refractivity contribution < 1.29 is 9.59 Å². The van der Waals surface area contributed by atoms with Gasteiger partial charge in [0.2, 0.25) is 5.91 Å². The van der Waals surface area contributed by atoms with E-state index < -0.39 is 0 Å². The maximum Gasteiger partial charge on any atom is 0.253 e. The number of aromatic nitrogens is 4. The van der Waals surface area contributed by atoms with Crippen LogP contribution in [0.25, 0.3) is 11.0 Å². The van der Waals surface area contributed by atoms with Crippen molar-refractivity contribution in [2.24, 2.45) is 5.92 Å². The number of likely N-dealkylation sites (tertiary alicyclic amines) is 1. The number of nitrogens with zero attached hydrogens (tertiary/aromatic N) is 5. The average molecular weight is 409 g/mol. The summed E-state index contributed by atoms with van der Waals surface area (Å²) >= 11 is 0. The molecule has 158 valence electrons. The molecule has 1 unspecified atom stereocenters. The highest BCUT2D eigenvalue weighted by molar-refractivity contribution is 5.97. The third-order valence-corrected chi connectivity index (χ3v) is 5.72. The average Bonchev–Trinajstić information content (AvgIpc) is 3.39. The molecule has 0 saturated carbocycles. The second-order valence-electron chi connectivity index (χ2n) is 7.80. The third-order valence-electron chi connectivity index (χ3n) is 5.72. The van der Waals surface area contributed by atoms with Gasteiger partial charge in [0.25, 0.3) is 5.91 Å². The maximum atomic E-state index is 13.1. The first-order valence-corrected chi connectivity index (χ1v) is 10.6. The SMILES string of the molecule is CCn1ccc(NC(=O)CC2CCCN(C(=O)c3ccc4c(c3)ncn4CC)C2)n1. The highest BCUT2D eigenvalue weighted by Gasteiger charge is 2.26. The van der Waals surface area contributed by atoms with Gasteiger partial charge in [-0.15, -0.1) is 0 Å². The number of piperidine rings is 1. The molecular formula is C22H28N6O2. The van der Waals surface area contributed by atoms with Gasteiger partial charge in [0.1, 0.15) is 0 Å². The Labute approximate surface area is 175 Å². The molecular weight excluding hydrogens is 380 g/mol. The van der Waals surface area contributed by atoms with Crippen LogP contribution >= 0.6 is 0 Å². The van der Waals surface area contributed by atoms with Crippen LogP contribution in [0.1, 0.15) is 43.5 Å². The second-order valence-corrected chi connectivity index (χ2v) is 7.80. The zero-order chi connectivity index (χ0) is 21.1. The van der Waals surface area contributed by atoms with Gasteiger partial charge in [0.15, 0.2) is 5.82 Å². The van der Waals surface area contributed by atoms with Crippen LogP contribution < -0.4 is 5.32 Å². The lowest BCUT2D eigenvalue weighted by atomic mass is 9.94. The largest absolute Gasteiger partial charge is 0.338 e. The molecule has 1 saturated heterocycles. The van der Waals surface area contributed by atoms with Crippen LogP contribution in [0.2, 0.25) is 0 Å². The van der Waals surface area contributed by atoms with E-state index in [-0.39, 0.29) is 17.7 Å². The van der Waals surface area contributed by atoms with Crippen molar-refractivity contribution in [2.75, 3.05) is 18.4 Å². The van der Waals surface area contributed by atoms with Crippen molar-refractivity contribution in [1.82, 2.24) is 24.2 Å². The van der Waals surface area contributed by atoms with Gasteiger partial charge >= 0.3 is 0 Å². The molecule has 8 heteroatoms. The minimum Gasteiger partial charge on any atom is -0.338 e. The van der Waals surface area contributed by atoms with Crippen molar-refractivity contribution in [1.29, 1.82) is 0 Å². The molecule has 1 fully saturated rings. The normalized spacial score (nSPS) is 16.7. The van der Waals surface area contributed by atoms with Crippen molar-refractivity contribution in [3.05, 3.63) is 42.4 Å². The molecule has 0 aliphatic carbocycles. The minimum absolute atomic E-state index is 0.00902. The fourth-order valence-electron chi connectivity index (χ4n) is 4.11. The maximum absolute atomic E-state index is 13.1. The van der Waals surface area contributed by atoms with Gasteiger partial charge < -0.3 is 14.8 Å². The van der Waals surface area contributed by atoms with E-state index in [4.69, 9.17) is 0 Å². The predicted molar refractivity (Wildman–Crippen MR) is 115 cm³/mol. The second kappa shape index (κ2) is 8.69. The zero-order valence-corrected chi connectivity index (χ0v) is 17.5. The van der Waals surface area contributed by atoms with Crippen molar-refractivity contribution in [2.45, 2.75) is 46.2 Å². The summed E-state index contributed by atoms with van der Waals surface area (Å²) < 4.78 is 3.83. The highest BCUT2D eigenvalue weighted by atomic mass is 16.2. The molecule has 30 heavy (non-hydrogen) atoms. The van der Waals surface area contributed by atoms with Gasteiger partial charge in [0.05, 0.1) is 17.4 Å². The van der Waals surface area contributed by atoms with Gasteiger partial charge in [-0.3, -0.25) is 14.3 Å². The lowest BCUT2D eigenvalue weighted by Crippen LogP contribution is -2.40. The van der Waals surface area contributed by atoms with Gasteiger partial charge in [0, 0.05) is 50.4 Å². The standard InChI is InChI=1S/C22H28N6O2/c1-3-26-15-23-18-13-17(7-8-19(18)26)22(30)27-10-5-6-16(14-27)12-21(29)24-20-9-11-28(4-2)25-20/h7-9,11,13,15-16H,3-6,10,12,14H2,1-2H3,(H,24,25,29). The van der Waals surface area contributed by atoms with Crippen LogP contribution in [-0.4, -0.2) is 49.1 Å². The van der Waals surface area contributed by atoms with Crippen LogP contribution in [0.5, 0.6) is 0 Å². The Bertz CT molecular complexity index is 1050. The number of hydrogen-bond donors (Lipinski definition) is 1. The number of anilines is 1. The Morgan fingerprint density at radius 2 is 2.07 bits per heavy atom. The topological polar surface area (TPSA) is 85.0 Å². The van der Waals surface area contributed by atoms with Crippen LogP contribution in [0.3, 0.4) is 0 Å². The number of amides is 2. The lowest BCUT2D eigenvalue weighted by Gasteiger charge is -2.32. The van der Waals surface area contributed by atoms with E-state index in [0.717, 1.165) is 43.5 Å². The summed E-state index contributed by atoms with van der Waals surface area (Å²) in [7, 11) is 0. The lowest BCUT2D eigenvalue weighted by molar-refractivity contribution is -0.117. The van der Waals surface area contributed by atoms with E-state index in [1.165, 1.54) is 0 Å². The molecule has 1 aliphatic rings. The van der Waals surface area contributed by atoms with Crippen molar-refractivity contribution in [3.8, 4) is 0 Å². The molecule has 0 spiro atoms. The smallest absolute Gasteiger partial charge is 0.253 e. The summed E-state index contributed by atoms with van der Waals surface area (Å²) in [6, 6.07) is 7.50. The Hall–Kier alpha value is -3.16. The summed E-state index contributed by atoms with van der Waals surface area (Å²) in [6.45, 7) is 6.99. The van der Waals surface area contributed by atoms with Gasteiger partial charge in [-0.1, -0.05) is 0 Å². The predicted octanol–water partition coefficient (Wildman–Crippen LogP) is 3.15. The molecule has 0 radical (unpaired) electrons. The third kappa shape index (κ3) is 4.22. The van der Waals surface area contributed by atoms with E-state index >= 15 is 0 Å². The van der Waals surface area contributed by atoms with E-state index in [1.807, 2.05) is 36.2 Å². The Balaban J connectivity index is 1.38. The van der Waals surface area contributed by atoms with Crippen LogP contribution in [0, 0.1) is 5.92 Å². The molecule has 0 bridgehead atoms. The molecule has 4 rings (SSSR count). The number of hydrogen-bond acceptors (Lipinski definition) is 4. The fraction of sp³-hybridized carbons (Fsp3) is 0.455. The molecule has 2 amide bonds. The molecule has 2 aromatic heterocycles. The van der Waals surface area contributed by atoms with E-state index in [1.54, 1.807) is 17.1 Å². The number of rotatable bonds is 6. The quantitative estimate of drug-likeness (QED) is 0.679. The van der Waals surface area contributed by atoms with Crippen molar-refractivity contribution in [3.63, 3.8) is 0 Å². The minimum atomic E-state index is -0.0535. The molecule has 3 heterocycles. The van der Waals surface area contributed by atoms with Crippen LogP contribution in [0.15, 0.2) is 36.8 Å². The van der Waals surface area contributed by atoms with Crippen molar-refractivity contribution >= 4 is 28.7 Å². The first kappa shape index (κ1) is 20.1.